The van der Waals surface area contributed by atoms with E-state index in [4.69, 9.17) is 5.11 Å². The average Bonchev–Trinajstić information content (AvgIpc) is 3.10. The van der Waals surface area contributed by atoms with Crippen molar-refractivity contribution in [1.29, 1.82) is 0 Å². The highest BCUT2D eigenvalue weighted by atomic mass is 19.1. The standard InChI is InChI=1S/C13H14FNO2/c1-2-7-15(10-4-5-10)12-6-3-9(14)8-11(12)13(16)17/h2-3,6,8,10H,1,4-5,7H2,(H,16,17). The molecule has 1 N–H and O–H groups in total. The summed E-state index contributed by atoms with van der Waals surface area (Å²) in [5.41, 5.74) is 0.583. The number of carboxylic acid groups (broad SMARTS) is 1. The minimum atomic E-state index is -1.10. The van der Waals surface area contributed by atoms with Crippen molar-refractivity contribution in [2.24, 2.45) is 0 Å². The quantitative estimate of drug-likeness (QED) is 0.798. The molecule has 0 aromatic heterocycles. The molecule has 17 heavy (non-hydrogen) atoms. The van der Waals surface area contributed by atoms with Crippen LogP contribution in [0.15, 0.2) is 30.9 Å². The number of rotatable bonds is 5. The summed E-state index contributed by atoms with van der Waals surface area (Å²) in [4.78, 5) is 13.1. The minimum Gasteiger partial charge on any atom is -0.478 e. The van der Waals surface area contributed by atoms with E-state index in [-0.39, 0.29) is 5.56 Å². The van der Waals surface area contributed by atoms with Gasteiger partial charge in [-0.3, -0.25) is 0 Å². The van der Waals surface area contributed by atoms with Crippen molar-refractivity contribution >= 4 is 11.7 Å². The number of benzene rings is 1. The molecule has 0 spiro atoms. The molecule has 1 aromatic carbocycles. The van der Waals surface area contributed by atoms with Crippen LogP contribution in [0.2, 0.25) is 0 Å². The molecular formula is C13H14FNO2. The monoisotopic (exact) mass is 235 g/mol. The number of hydrogen-bond donors (Lipinski definition) is 1. The van der Waals surface area contributed by atoms with Gasteiger partial charge in [0.1, 0.15) is 5.82 Å². The van der Waals surface area contributed by atoms with Crippen molar-refractivity contribution in [3.05, 3.63) is 42.2 Å². The van der Waals surface area contributed by atoms with Gasteiger partial charge in [-0.15, -0.1) is 6.58 Å². The van der Waals surface area contributed by atoms with E-state index in [2.05, 4.69) is 6.58 Å². The van der Waals surface area contributed by atoms with Gasteiger partial charge in [0.05, 0.1) is 11.3 Å². The Kier molecular flexibility index (Phi) is 3.13. The summed E-state index contributed by atoms with van der Waals surface area (Å²) >= 11 is 0. The SMILES string of the molecule is C=CCN(c1ccc(F)cc1C(=O)O)C1CC1. The molecule has 0 saturated heterocycles. The van der Waals surface area contributed by atoms with E-state index in [1.54, 1.807) is 6.08 Å². The Morgan fingerprint density at radius 2 is 2.29 bits per heavy atom. The van der Waals surface area contributed by atoms with Gasteiger partial charge in [-0.25, -0.2) is 9.18 Å². The molecule has 1 aromatic rings. The van der Waals surface area contributed by atoms with E-state index in [0.717, 1.165) is 18.9 Å². The van der Waals surface area contributed by atoms with Crippen LogP contribution in [0.4, 0.5) is 10.1 Å². The normalized spacial score (nSPS) is 14.4. The van der Waals surface area contributed by atoms with E-state index >= 15 is 0 Å². The van der Waals surface area contributed by atoms with E-state index in [1.807, 2.05) is 4.90 Å². The number of carboxylic acids is 1. The topological polar surface area (TPSA) is 40.5 Å². The first-order valence-corrected chi connectivity index (χ1v) is 5.54. The van der Waals surface area contributed by atoms with Crippen LogP contribution in [0, 0.1) is 5.82 Å². The summed E-state index contributed by atoms with van der Waals surface area (Å²) in [5.74, 6) is -1.63. The molecule has 1 fully saturated rings. The molecule has 1 aliphatic carbocycles. The Hall–Kier alpha value is -1.84. The number of carbonyl (C=O) groups is 1. The van der Waals surface area contributed by atoms with Crippen molar-refractivity contribution in [2.75, 3.05) is 11.4 Å². The lowest BCUT2D eigenvalue weighted by atomic mass is 10.1. The van der Waals surface area contributed by atoms with Crippen LogP contribution in [0.25, 0.3) is 0 Å². The first-order valence-electron chi connectivity index (χ1n) is 5.54. The molecule has 0 amide bonds. The van der Waals surface area contributed by atoms with Gasteiger partial charge in [-0.1, -0.05) is 6.08 Å². The fraction of sp³-hybridized carbons (Fsp3) is 0.308. The van der Waals surface area contributed by atoms with Crippen LogP contribution >= 0.6 is 0 Å². The van der Waals surface area contributed by atoms with Gasteiger partial charge < -0.3 is 10.0 Å². The van der Waals surface area contributed by atoms with Gasteiger partial charge in [0.25, 0.3) is 0 Å². The second kappa shape index (κ2) is 4.57. The van der Waals surface area contributed by atoms with Crippen molar-refractivity contribution in [3.8, 4) is 0 Å². The lowest BCUT2D eigenvalue weighted by molar-refractivity contribution is 0.0697. The molecule has 0 unspecified atom stereocenters. The van der Waals surface area contributed by atoms with Gasteiger partial charge in [-0.05, 0) is 31.0 Å². The highest BCUT2D eigenvalue weighted by Gasteiger charge is 2.30. The lowest BCUT2D eigenvalue weighted by Gasteiger charge is -2.24. The predicted molar refractivity (Wildman–Crippen MR) is 63.9 cm³/mol. The Bertz CT molecular complexity index is 455. The van der Waals surface area contributed by atoms with Crippen molar-refractivity contribution < 1.29 is 14.3 Å². The summed E-state index contributed by atoms with van der Waals surface area (Å²) in [7, 11) is 0. The Morgan fingerprint density at radius 1 is 1.59 bits per heavy atom. The molecule has 1 aliphatic rings. The number of anilines is 1. The molecular weight excluding hydrogens is 221 g/mol. The maximum absolute atomic E-state index is 13.1. The van der Waals surface area contributed by atoms with E-state index in [0.29, 0.717) is 18.3 Å². The van der Waals surface area contributed by atoms with Crippen LogP contribution in [0.1, 0.15) is 23.2 Å². The molecule has 0 bridgehead atoms. The number of aromatic carboxylic acids is 1. The average molecular weight is 235 g/mol. The van der Waals surface area contributed by atoms with Gasteiger partial charge in [0, 0.05) is 12.6 Å². The first kappa shape index (κ1) is 11.6. The molecule has 3 nitrogen and oxygen atoms in total. The van der Waals surface area contributed by atoms with Crippen LogP contribution < -0.4 is 4.90 Å². The maximum Gasteiger partial charge on any atom is 0.337 e. The van der Waals surface area contributed by atoms with E-state index in [9.17, 15) is 9.18 Å². The highest BCUT2D eigenvalue weighted by molar-refractivity contribution is 5.94. The second-order valence-corrected chi connectivity index (χ2v) is 4.14. The summed E-state index contributed by atoms with van der Waals surface area (Å²) in [6.45, 7) is 4.25. The van der Waals surface area contributed by atoms with Crippen molar-refractivity contribution in [3.63, 3.8) is 0 Å². The van der Waals surface area contributed by atoms with Gasteiger partial charge in [0.2, 0.25) is 0 Å². The summed E-state index contributed by atoms with van der Waals surface area (Å²) < 4.78 is 13.1. The molecule has 0 aliphatic heterocycles. The predicted octanol–water partition coefficient (Wildman–Crippen LogP) is 2.68. The molecule has 4 heteroatoms. The smallest absolute Gasteiger partial charge is 0.337 e. The second-order valence-electron chi connectivity index (χ2n) is 4.14. The molecule has 1 saturated carbocycles. The van der Waals surface area contributed by atoms with Gasteiger partial charge in [0.15, 0.2) is 0 Å². The number of halogens is 1. The number of nitrogens with zero attached hydrogens (tertiary/aromatic N) is 1. The van der Waals surface area contributed by atoms with Crippen molar-refractivity contribution in [2.45, 2.75) is 18.9 Å². The number of hydrogen-bond acceptors (Lipinski definition) is 2. The largest absolute Gasteiger partial charge is 0.478 e. The Labute approximate surface area is 99.2 Å². The summed E-state index contributed by atoms with van der Waals surface area (Å²) in [6, 6.07) is 4.24. The van der Waals surface area contributed by atoms with Gasteiger partial charge in [-0.2, -0.15) is 0 Å². The third-order valence-electron chi connectivity index (χ3n) is 2.81. The van der Waals surface area contributed by atoms with E-state index < -0.39 is 11.8 Å². The minimum absolute atomic E-state index is 0.0127. The van der Waals surface area contributed by atoms with Crippen molar-refractivity contribution in [1.82, 2.24) is 0 Å². The summed E-state index contributed by atoms with van der Waals surface area (Å²) in [5, 5.41) is 9.09. The van der Waals surface area contributed by atoms with Gasteiger partial charge >= 0.3 is 5.97 Å². The zero-order valence-electron chi connectivity index (χ0n) is 9.40. The van der Waals surface area contributed by atoms with Crippen LogP contribution in [0.3, 0.4) is 0 Å². The first-order chi connectivity index (χ1) is 8.13. The van der Waals surface area contributed by atoms with Crippen LogP contribution in [0.5, 0.6) is 0 Å². The summed E-state index contributed by atoms with van der Waals surface area (Å²) in [6.07, 6.45) is 3.82. The van der Waals surface area contributed by atoms with Crippen LogP contribution in [-0.2, 0) is 0 Å². The zero-order valence-corrected chi connectivity index (χ0v) is 9.40. The maximum atomic E-state index is 13.1. The Morgan fingerprint density at radius 3 is 2.82 bits per heavy atom. The molecule has 2 rings (SSSR count). The molecule has 90 valence electrons. The third kappa shape index (κ3) is 2.46. The fourth-order valence-electron chi connectivity index (χ4n) is 1.90. The highest BCUT2D eigenvalue weighted by Crippen LogP contribution is 2.33. The molecule has 0 heterocycles. The zero-order chi connectivity index (χ0) is 12.4. The van der Waals surface area contributed by atoms with E-state index in [1.165, 1.54) is 12.1 Å². The Balaban J connectivity index is 2.40. The lowest BCUT2D eigenvalue weighted by Crippen LogP contribution is -2.27. The van der Waals surface area contributed by atoms with Crippen LogP contribution in [-0.4, -0.2) is 23.7 Å². The fourth-order valence-corrected chi connectivity index (χ4v) is 1.90. The molecule has 0 atom stereocenters. The third-order valence-corrected chi connectivity index (χ3v) is 2.81. The molecule has 0 radical (unpaired) electrons.